The Kier molecular flexibility index (Phi) is 4.10. The van der Waals surface area contributed by atoms with E-state index in [-0.39, 0.29) is 5.63 Å². The monoisotopic (exact) mass is 386 g/mol. The third kappa shape index (κ3) is 3.15. The molecule has 0 bridgehead atoms. The highest BCUT2D eigenvalue weighted by Crippen LogP contribution is 2.27. The summed E-state index contributed by atoms with van der Waals surface area (Å²) >= 11 is 0. The first-order valence-corrected chi connectivity index (χ1v) is 9.77. The van der Waals surface area contributed by atoms with Gasteiger partial charge in [-0.05, 0) is 56.0 Å². The van der Waals surface area contributed by atoms with Gasteiger partial charge in [-0.25, -0.2) is 9.78 Å². The van der Waals surface area contributed by atoms with Crippen LogP contribution in [0.25, 0.3) is 33.4 Å². The molecule has 0 atom stereocenters. The molecule has 6 heteroatoms. The Bertz CT molecular complexity index is 1350. The minimum Gasteiger partial charge on any atom is -0.421 e. The van der Waals surface area contributed by atoms with Crippen LogP contribution in [-0.4, -0.2) is 39.4 Å². The van der Waals surface area contributed by atoms with E-state index in [1.807, 2.05) is 48.8 Å². The predicted molar refractivity (Wildman–Crippen MR) is 114 cm³/mol. The number of likely N-dealkylation sites (N-methyl/N-ethyl adjacent to an activating group) is 1. The van der Waals surface area contributed by atoms with Crippen molar-refractivity contribution in [3.8, 4) is 11.5 Å². The highest BCUT2D eigenvalue weighted by Gasteiger charge is 2.14. The van der Waals surface area contributed by atoms with Gasteiger partial charge in [0.2, 0.25) is 0 Å². The molecule has 1 aliphatic rings. The summed E-state index contributed by atoms with van der Waals surface area (Å²) in [6, 6.07) is 7.92. The van der Waals surface area contributed by atoms with Crippen LogP contribution in [0.1, 0.15) is 23.4 Å². The van der Waals surface area contributed by atoms with Gasteiger partial charge in [-0.3, -0.25) is 4.98 Å². The van der Waals surface area contributed by atoms with Gasteiger partial charge < -0.3 is 13.7 Å². The average molecular weight is 386 g/mol. The molecule has 0 amide bonds. The zero-order valence-corrected chi connectivity index (χ0v) is 16.8. The molecule has 1 aromatic carbocycles. The lowest BCUT2D eigenvalue weighted by Gasteiger charge is -2.22. The molecule has 0 spiro atoms. The van der Waals surface area contributed by atoms with Gasteiger partial charge >= 0.3 is 5.63 Å². The zero-order chi connectivity index (χ0) is 20.1. The zero-order valence-electron chi connectivity index (χ0n) is 16.8. The van der Waals surface area contributed by atoms with E-state index < -0.39 is 0 Å². The number of hydrogen-bond acceptors (Lipinski definition) is 5. The van der Waals surface area contributed by atoms with Crippen molar-refractivity contribution in [3.05, 3.63) is 70.1 Å². The number of aryl methyl sites for hydroxylation is 2. The third-order valence-electron chi connectivity index (χ3n) is 5.52. The Morgan fingerprint density at radius 1 is 1.10 bits per heavy atom. The van der Waals surface area contributed by atoms with Crippen molar-refractivity contribution >= 4 is 22.0 Å². The minimum atomic E-state index is -0.337. The molecule has 29 heavy (non-hydrogen) atoms. The molecule has 4 aromatic rings. The lowest BCUT2D eigenvalue weighted by atomic mass is 9.97. The van der Waals surface area contributed by atoms with Crippen LogP contribution in [0.4, 0.5) is 0 Å². The molecule has 0 fully saturated rings. The normalized spacial score (nSPS) is 15.2. The molecule has 6 nitrogen and oxygen atoms in total. The summed E-state index contributed by atoms with van der Waals surface area (Å²) in [6.07, 6.45) is 7.01. The van der Waals surface area contributed by atoms with E-state index in [9.17, 15) is 4.79 Å². The first-order valence-electron chi connectivity index (χ1n) is 9.77. The van der Waals surface area contributed by atoms with Crippen molar-refractivity contribution in [1.29, 1.82) is 0 Å². The molecular weight excluding hydrogens is 364 g/mol. The summed E-state index contributed by atoms with van der Waals surface area (Å²) in [5, 5.41) is 1.46. The molecule has 0 aliphatic carbocycles. The van der Waals surface area contributed by atoms with Gasteiger partial charge in [-0.2, -0.15) is 0 Å². The van der Waals surface area contributed by atoms with Crippen LogP contribution < -0.4 is 5.63 Å². The maximum absolute atomic E-state index is 12.8. The SMILES string of the molecule is Cc1cn2cc(-c3cc4ccc(C5=CCN(C)CC5)cc4c(=O)o3)nc2c(C)n1. The van der Waals surface area contributed by atoms with E-state index >= 15 is 0 Å². The number of fused-ring (bicyclic) bond motifs is 2. The van der Waals surface area contributed by atoms with Crippen LogP contribution in [0.3, 0.4) is 0 Å². The summed E-state index contributed by atoms with van der Waals surface area (Å²) in [4.78, 5) is 24.1. The van der Waals surface area contributed by atoms with E-state index in [1.54, 1.807) is 0 Å². The number of aromatic nitrogens is 3. The van der Waals surface area contributed by atoms with Gasteiger partial charge in [-0.15, -0.1) is 0 Å². The Balaban J connectivity index is 1.60. The fraction of sp³-hybridized carbons (Fsp3) is 0.261. The number of hydrogen-bond donors (Lipinski definition) is 0. The van der Waals surface area contributed by atoms with Crippen LogP contribution >= 0.6 is 0 Å². The quantitative estimate of drug-likeness (QED) is 0.524. The van der Waals surface area contributed by atoms with Gasteiger partial charge in [0.15, 0.2) is 11.4 Å². The van der Waals surface area contributed by atoms with Gasteiger partial charge in [0.1, 0.15) is 5.69 Å². The van der Waals surface area contributed by atoms with Crippen LogP contribution in [0.15, 0.2) is 51.9 Å². The second kappa shape index (κ2) is 6.67. The minimum absolute atomic E-state index is 0.337. The van der Waals surface area contributed by atoms with Crippen LogP contribution in [0, 0.1) is 13.8 Å². The smallest absolute Gasteiger partial charge is 0.344 e. The molecule has 3 aromatic heterocycles. The first-order chi connectivity index (χ1) is 14.0. The molecule has 0 saturated carbocycles. The number of imidazole rings is 1. The Morgan fingerprint density at radius 3 is 2.76 bits per heavy atom. The first kappa shape index (κ1) is 17.8. The maximum Gasteiger partial charge on any atom is 0.344 e. The molecule has 0 unspecified atom stereocenters. The highest BCUT2D eigenvalue weighted by molar-refractivity contribution is 5.87. The molecule has 0 N–H and O–H groups in total. The number of rotatable bonds is 2. The average Bonchev–Trinajstić information content (AvgIpc) is 3.13. The van der Waals surface area contributed by atoms with E-state index in [4.69, 9.17) is 4.42 Å². The Morgan fingerprint density at radius 2 is 1.97 bits per heavy atom. The molecule has 1 aliphatic heterocycles. The number of nitrogens with zero attached hydrogens (tertiary/aromatic N) is 4. The topological polar surface area (TPSA) is 63.6 Å². The Labute approximate surface area is 168 Å². The summed E-state index contributed by atoms with van der Waals surface area (Å²) in [7, 11) is 2.11. The lowest BCUT2D eigenvalue weighted by molar-refractivity contribution is 0.370. The molecule has 5 rings (SSSR count). The van der Waals surface area contributed by atoms with Crippen LogP contribution in [0.2, 0.25) is 0 Å². The Hall–Kier alpha value is -3.25. The molecular formula is C23H22N4O2. The van der Waals surface area contributed by atoms with E-state index in [0.717, 1.165) is 47.5 Å². The maximum atomic E-state index is 12.8. The second-order valence-corrected chi connectivity index (χ2v) is 7.77. The van der Waals surface area contributed by atoms with Gasteiger partial charge in [0.25, 0.3) is 0 Å². The van der Waals surface area contributed by atoms with Gasteiger partial charge in [-0.1, -0.05) is 18.2 Å². The summed E-state index contributed by atoms with van der Waals surface area (Å²) in [6.45, 7) is 5.83. The van der Waals surface area contributed by atoms with Crippen molar-refractivity contribution in [2.75, 3.05) is 20.1 Å². The lowest BCUT2D eigenvalue weighted by Crippen LogP contribution is -2.23. The molecule has 146 valence electrons. The fourth-order valence-electron chi connectivity index (χ4n) is 3.97. The van der Waals surface area contributed by atoms with Crippen molar-refractivity contribution in [2.24, 2.45) is 0 Å². The molecule has 0 saturated heterocycles. The largest absolute Gasteiger partial charge is 0.421 e. The third-order valence-corrected chi connectivity index (χ3v) is 5.52. The summed E-state index contributed by atoms with van der Waals surface area (Å²) in [5.74, 6) is 0.467. The fourth-order valence-corrected chi connectivity index (χ4v) is 3.97. The molecule has 4 heterocycles. The van der Waals surface area contributed by atoms with E-state index in [2.05, 4.69) is 34.1 Å². The summed E-state index contributed by atoms with van der Waals surface area (Å²) in [5.41, 5.74) is 5.18. The summed E-state index contributed by atoms with van der Waals surface area (Å²) < 4.78 is 7.58. The molecule has 0 radical (unpaired) electrons. The van der Waals surface area contributed by atoms with Crippen molar-refractivity contribution in [3.63, 3.8) is 0 Å². The van der Waals surface area contributed by atoms with E-state index in [1.165, 1.54) is 5.57 Å². The van der Waals surface area contributed by atoms with E-state index in [0.29, 0.717) is 16.8 Å². The van der Waals surface area contributed by atoms with Crippen molar-refractivity contribution in [2.45, 2.75) is 20.3 Å². The standard InChI is InChI=1S/C23H22N4O2/c1-14-12-27-13-20(25-22(27)15(2)24-14)21-11-18-5-4-17(10-19(18)23(28)29-21)16-6-8-26(3)9-7-16/h4-6,10-13H,7-9H2,1-3H3. The van der Waals surface area contributed by atoms with Crippen molar-refractivity contribution < 1.29 is 4.42 Å². The van der Waals surface area contributed by atoms with Crippen LogP contribution in [-0.2, 0) is 0 Å². The van der Waals surface area contributed by atoms with Crippen molar-refractivity contribution in [1.82, 2.24) is 19.3 Å². The van der Waals surface area contributed by atoms with Gasteiger partial charge in [0, 0.05) is 25.5 Å². The predicted octanol–water partition coefficient (Wildman–Crippen LogP) is 3.84. The van der Waals surface area contributed by atoms with Crippen LogP contribution in [0.5, 0.6) is 0 Å². The number of benzene rings is 1. The highest BCUT2D eigenvalue weighted by atomic mass is 16.4. The second-order valence-electron chi connectivity index (χ2n) is 7.77. The van der Waals surface area contributed by atoms with Gasteiger partial charge in [0.05, 0.1) is 16.8 Å².